The lowest BCUT2D eigenvalue weighted by molar-refractivity contribution is 0.0526. The van der Waals surface area contributed by atoms with E-state index in [-0.39, 0.29) is 23.9 Å². The van der Waals surface area contributed by atoms with Gasteiger partial charge >= 0.3 is 5.97 Å². The first-order valence-corrected chi connectivity index (χ1v) is 11.2. The summed E-state index contributed by atoms with van der Waals surface area (Å²) in [6, 6.07) is 10.2. The van der Waals surface area contributed by atoms with Gasteiger partial charge in [-0.3, -0.25) is 0 Å². The van der Waals surface area contributed by atoms with Crippen LogP contribution in [0.5, 0.6) is 0 Å². The molecular weight excluding hydrogens is 494 g/mol. The average molecular weight is 510 g/mol. The maximum atomic E-state index is 14.2. The van der Waals surface area contributed by atoms with E-state index in [0.717, 1.165) is 11.8 Å². The Bertz CT molecular complexity index is 1410. The Morgan fingerprint density at radius 2 is 1.63 bits per heavy atom. The molecule has 182 valence electrons. The summed E-state index contributed by atoms with van der Waals surface area (Å²) < 4.78 is 89.2. The molecule has 1 aromatic heterocycles. The number of hydrogen-bond acceptors (Lipinski definition) is 4. The fourth-order valence-corrected chi connectivity index (χ4v) is 4.45. The number of carbonyl (C=O) groups is 1. The third kappa shape index (κ3) is 4.86. The van der Waals surface area contributed by atoms with Gasteiger partial charge in [-0.2, -0.15) is 0 Å². The molecule has 0 N–H and O–H groups in total. The van der Waals surface area contributed by atoms with E-state index in [1.165, 1.54) is 30.3 Å². The number of halogens is 6. The summed E-state index contributed by atoms with van der Waals surface area (Å²) in [5, 5.41) is 0.161. The Morgan fingerprint density at radius 3 is 2.29 bits per heavy atom. The summed E-state index contributed by atoms with van der Waals surface area (Å²) in [4.78, 5) is 16.5. The van der Waals surface area contributed by atoms with Crippen LogP contribution in [0, 0.1) is 34.9 Å². The van der Waals surface area contributed by atoms with E-state index in [9.17, 15) is 31.1 Å². The maximum absolute atomic E-state index is 14.2. The summed E-state index contributed by atoms with van der Waals surface area (Å²) in [5.74, 6) is -11.8. The van der Waals surface area contributed by atoms with E-state index in [0.29, 0.717) is 16.6 Å². The van der Waals surface area contributed by atoms with E-state index < -0.39 is 52.2 Å². The van der Waals surface area contributed by atoms with Crippen molar-refractivity contribution < 1.29 is 35.9 Å². The summed E-state index contributed by atoms with van der Waals surface area (Å²) >= 11 is 0.732. The third-order valence-electron chi connectivity index (χ3n) is 5.10. The minimum Gasteiger partial charge on any atom is -0.462 e. The van der Waals surface area contributed by atoms with Gasteiger partial charge in [-0.05, 0) is 42.8 Å². The molecule has 0 saturated heterocycles. The number of esters is 1. The Balaban J connectivity index is 1.76. The zero-order chi connectivity index (χ0) is 25.3. The lowest BCUT2D eigenvalue weighted by atomic mass is 10.2. The van der Waals surface area contributed by atoms with Gasteiger partial charge in [0.2, 0.25) is 5.82 Å². The average Bonchev–Trinajstić information content (AvgIpc) is 3.18. The molecule has 0 bridgehead atoms. The molecule has 0 spiro atoms. The van der Waals surface area contributed by atoms with Crippen LogP contribution in [0.4, 0.5) is 26.3 Å². The van der Waals surface area contributed by atoms with Crippen molar-refractivity contribution in [1.82, 2.24) is 9.55 Å². The van der Waals surface area contributed by atoms with Crippen molar-refractivity contribution in [3.8, 4) is 0 Å². The van der Waals surface area contributed by atoms with Gasteiger partial charge in [0, 0.05) is 11.3 Å². The highest BCUT2D eigenvalue weighted by Gasteiger charge is 2.26. The van der Waals surface area contributed by atoms with Gasteiger partial charge in [0.25, 0.3) is 0 Å². The number of hydrogen-bond donors (Lipinski definition) is 0. The Hall–Kier alpha value is -3.47. The van der Waals surface area contributed by atoms with E-state index in [2.05, 4.69) is 4.98 Å². The third-order valence-corrected chi connectivity index (χ3v) is 6.10. The number of benzene rings is 3. The van der Waals surface area contributed by atoms with Crippen LogP contribution in [0.25, 0.3) is 11.0 Å². The number of ether oxygens (including phenoxy) is 1. The van der Waals surface area contributed by atoms with Crippen LogP contribution in [-0.2, 0) is 17.0 Å². The SMILES string of the molecule is CCOC(=O)c1ccc2c(c1)nc(SCc1c(F)c(F)c(F)c(F)c1F)n2Cc1cccc(F)c1. The van der Waals surface area contributed by atoms with Crippen molar-refractivity contribution in [3.63, 3.8) is 0 Å². The summed E-state index contributed by atoms with van der Waals surface area (Å²) in [7, 11) is 0. The first-order valence-electron chi connectivity index (χ1n) is 10.3. The minimum atomic E-state index is -2.24. The number of carbonyl (C=O) groups excluding carboxylic acids is 1. The van der Waals surface area contributed by atoms with Crippen LogP contribution in [0.1, 0.15) is 28.4 Å². The highest BCUT2D eigenvalue weighted by Crippen LogP contribution is 2.32. The zero-order valence-electron chi connectivity index (χ0n) is 18.0. The molecule has 0 aliphatic rings. The van der Waals surface area contributed by atoms with E-state index >= 15 is 0 Å². The standard InChI is InChI=1S/C24H16F6N2O2S/c1-2-34-23(33)13-6-7-17-16(9-13)31-24(32(17)10-12-4-3-5-14(25)8-12)35-11-15-18(26)20(28)22(30)21(29)19(15)27/h3-9H,2,10-11H2,1H3. The number of imidazole rings is 1. The lowest BCUT2D eigenvalue weighted by Crippen LogP contribution is -2.07. The molecule has 11 heteroatoms. The Labute approximate surface area is 199 Å². The molecule has 4 aromatic rings. The molecule has 4 rings (SSSR count). The number of fused-ring (bicyclic) bond motifs is 1. The van der Waals surface area contributed by atoms with Crippen LogP contribution in [-0.4, -0.2) is 22.1 Å². The van der Waals surface area contributed by atoms with Gasteiger partial charge in [0.15, 0.2) is 28.4 Å². The molecule has 3 aromatic carbocycles. The van der Waals surface area contributed by atoms with Gasteiger partial charge in [0.05, 0.1) is 29.7 Å². The van der Waals surface area contributed by atoms with Crippen LogP contribution in [0.15, 0.2) is 47.6 Å². The largest absolute Gasteiger partial charge is 0.462 e. The molecule has 0 aliphatic heterocycles. The summed E-state index contributed by atoms with van der Waals surface area (Å²) in [6.07, 6.45) is 0. The number of nitrogens with zero attached hydrogens (tertiary/aromatic N) is 2. The van der Waals surface area contributed by atoms with E-state index in [1.54, 1.807) is 23.6 Å². The Morgan fingerprint density at radius 1 is 0.943 bits per heavy atom. The van der Waals surface area contributed by atoms with Gasteiger partial charge in [-0.25, -0.2) is 36.1 Å². The quantitative estimate of drug-likeness (QED) is 0.0951. The van der Waals surface area contributed by atoms with Crippen LogP contribution in [0.2, 0.25) is 0 Å². The topological polar surface area (TPSA) is 44.1 Å². The van der Waals surface area contributed by atoms with Crippen molar-refractivity contribution in [1.29, 1.82) is 0 Å². The second-order valence-electron chi connectivity index (χ2n) is 7.37. The van der Waals surface area contributed by atoms with Gasteiger partial charge in [-0.15, -0.1) is 0 Å². The van der Waals surface area contributed by atoms with Crippen molar-refractivity contribution in [2.45, 2.75) is 24.4 Å². The second-order valence-corrected chi connectivity index (χ2v) is 8.31. The Kier molecular flexibility index (Phi) is 7.06. The molecule has 0 fully saturated rings. The van der Waals surface area contributed by atoms with Crippen molar-refractivity contribution in [3.05, 3.63) is 94.1 Å². The van der Waals surface area contributed by atoms with E-state index in [4.69, 9.17) is 4.74 Å². The molecule has 0 aliphatic carbocycles. The normalized spacial score (nSPS) is 11.3. The van der Waals surface area contributed by atoms with Crippen LogP contribution in [0.3, 0.4) is 0 Å². The molecule has 0 radical (unpaired) electrons. The number of rotatable bonds is 7. The second kappa shape index (κ2) is 10.0. The highest BCUT2D eigenvalue weighted by atomic mass is 32.2. The maximum Gasteiger partial charge on any atom is 0.338 e. The lowest BCUT2D eigenvalue weighted by Gasteiger charge is -2.11. The summed E-state index contributed by atoms with van der Waals surface area (Å²) in [6.45, 7) is 1.90. The van der Waals surface area contributed by atoms with Crippen molar-refractivity contribution in [2.75, 3.05) is 6.61 Å². The predicted octanol–water partition coefficient (Wildman–Crippen LogP) is 6.39. The van der Waals surface area contributed by atoms with Crippen LogP contribution >= 0.6 is 11.8 Å². The highest BCUT2D eigenvalue weighted by molar-refractivity contribution is 7.98. The van der Waals surface area contributed by atoms with E-state index in [1.807, 2.05) is 0 Å². The molecule has 0 atom stereocenters. The number of aromatic nitrogens is 2. The molecular formula is C24H16F6N2O2S. The zero-order valence-corrected chi connectivity index (χ0v) is 18.9. The summed E-state index contributed by atoms with van der Waals surface area (Å²) in [5.41, 5.74) is 0.583. The fraction of sp³-hybridized carbons (Fsp3) is 0.167. The van der Waals surface area contributed by atoms with Crippen LogP contribution < -0.4 is 0 Å². The van der Waals surface area contributed by atoms with Crippen molar-refractivity contribution >= 4 is 28.8 Å². The minimum absolute atomic E-state index is 0.0897. The molecule has 0 saturated carbocycles. The first kappa shape index (κ1) is 24.6. The monoisotopic (exact) mass is 510 g/mol. The van der Waals surface area contributed by atoms with Crippen molar-refractivity contribution in [2.24, 2.45) is 0 Å². The fourth-order valence-electron chi connectivity index (χ4n) is 3.44. The molecule has 0 unspecified atom stereocenters. The molecule has 1 heterocycles. The molecule has 0 amide bonds. The van der Waals surface area contributed by atoms with Gasteiger partial charge in [-0.1, -0.05) is 23.9 Å². The van der Waals surface area contributed by atoms with Gasteiger partial charge in [0.1, 0.15) is 5.82 Å². The number of thioether (sulfide) groups is 1. The van der Waals surface area contributed by atoms with Gasteiger partial charge < -0.3 is 9.30 Å². The first-order chi connectivity index (χ1) is 16.7. The smallest absolute Gasteiger partial charge is 0.338 e. The molecule has 35 heavy (non-hydrogen) atoms. The predicted molar refractivity (Wildman–Crippen MR) is 117 cm³/mol. The molecule has 4 nitrogen and oxygen atoms in total.